The van der Waals surface area contributed by atoms with Gasteiger partial charge in [0.2, 0.25) is 0 Å². The van der Waals surface area contributed by atoms with Crippen LogP contribution in [0.3, 0.4) is 0 Å². The number of nitrogens with zero attached hydrogens (tertiary/aromatic N) is 2. The van der Waals surface area contributed by atoms with E-state index in [1.54, 1.807) is 27.0 Å². The average Bonchev–Trinajstić information content (AvgIpc) is 2.40. The van der Waals surface area contributed by atoms with Gasteiger partial charge in [-0.15, -0.1) is 0 Å². The third-order valence-electron chi connectivity index (χ3n) is 3.35. The summed E-state index contributed by atoms with van der Waals surface area (Å²) in [6.45, 7) is 5.63. The molecule has 0 aliphatic rings. The minimum Gasteiger partial charge on any atom is -0.493 e. The van der Waals surface area contributed by atoms with Crippen LogP contribution in [0.1, 0.15) is 24.5 Å². The normalized spacial score (nSPS) is 13.3. The van der Waals surface area contributed by atoms with E-state index in [4.69, 9.17) is 10.00 Å². The molecule has 0 aliphatic heterocycles. The van der Waals surface area contributed by atoms with Crippen molar-refractivity contribution in [3.05, 3.63) is 33.4 Å². The van der Waals surface area contributed by atoms with E-state index < -0.39 is 10.5 Å². The van der Waals surface area contributed by atoms with Crippen LogP contribution < -0.4 is 10.1 Å². The van der Waals surface area contributed by atoms with Crippen molar-refractivity contribution in [1.29, 1.82) is 5.26 Å². The number of nitrogens with one attached hydrogen (secondary N) is 1. The summed E-state index contributed by atoms with van der Waals surface area (Å²) >= 11 is 0. The third-order valence-corrected chi connectivity index (χ3v) is 3.35. The Morgan fingerprint density at radius 1 is 1.45 bits per heavy atom. The zero-order valence-corrected chi connectivity index (χ0v) is 12.2. The van der Waals surface area contributed by atoms with Crippen LogP contribution in [-0.4, -0.2) is 24.1 Å². The van der Waals surface area contributed by atoms with E-state index in [1.807, 2.05) is 6.92 Å². The lowest BCUT2D eigenvalue weighted by molar-refractivity contribution is -0.385. The first-order valence-corrected chi connectivity index (χ1v) is 6.31. The molecule has 1 aromatic carbocycles. The van der Waals surface area contributed by atoms with E-state index in [0.29, 0.717) is 24.3 Å². The van der Waals surface area contributed by atoms with Gasteiger partial charge in [-0.25, -0.2) is 0 Å². The Kier molecular flexibility index (Phi) is 5.06. The molecule has 1 atom stereocenters. The fourth-order valence-electron chi connectivity index (χ4n) is 1.78. The van der Waals surface area contributed by atoms with Crippen molar-refractivity contribution in [3.8, 4) is 11.8 Å². The maximum absolute atomic E-state index is 10.9. The molecule has 0 bridgehead atoms. The van der Waals surface area contributed by atoms with Crippen molar-refractivity contribution < 1.29 is 9.66 Å². The summed E-state index contributed by atoms with van der Waals surface area (Å²) in [6.07, 6.45) is 0.487. The molecule has 6 nitrogen and oxygen atoms in total. The molecule has 0 heterocycles. The first-order chi connectivity index (χ1) is 9.33. The highest BCUT2D eigenvalue weighted by atomic mass is 16.6. The zero-order chi connectivity index (χ0) is 15.3. The zero-order valence-electron chi connectivity index (χ0n) is 12.2. The van der Waals surface area contributed by atoms with Gasteiger partial charge in [0.15, 0.2) is 0 Å². The Morgan fingerprint density at radius 3 is 2.60 bits per heavy atom. The number of aryl methyl sites for hydroxylation is 2. The molecule has 0 aromatic heterocycles. The summed E-state index contributed by atoms with van der Waals surface area (Å²) in [5, 5.41) is 22.9. The Balaban J connectivity index is 2.82. The molecular weight excluding hydrogens is 258 g/mol. The topological polar surface area (TPSA) is 88.2 Å². The molecule has 0 fully saturated rings. The number of hydrogen-bond acceptors (Lipinski definition) is 5. The number of ether oxygens (including phenoxy) is 1. The lowest BCUT2D eigenvalue weighted by atomic mass is 10.0. The number of nitriles is 1. The van der Waals surface area contributed by atoms with Crippen molar-refractivity contribution >= 4 is 5.69 Å². The van der Waals surface area contributed by atoms with Crippen LogP contribution in [0.2, 0.25) is 0 Å². The molecule has 20 heavy (non-hydrogen) atoms. The molecule has 108 valence electrons. The molecule has 1 aromatic rings. The number of nitro benzene ring substituents is 1. The molecule has 0 radical (unpaired) electrons. The van der Waals surface area contributed by atoms with Crippen molar-refractivity contribution in [1.82, 2.24) is 5.32 Å². The third kappa shape index (κ3) is 3.68. The maximum atomic E-state index is 10.9. The van der Waals surface area contributed by atoms with Gasteiger partial charge in [-0.3, -0.25) is 10.1 Å². The average molecular weight is 277 g/mol. The van der Waals surface area contributed by atoms with Gasteiger partial charge in [-0.05, 0) is 39.4 Å². The highest BCUT2D eigenvalue weighted by molar-refractivity contribution is 5.49. The quantitative estimate of drug-likeness (QED) is 0.637. The number of hydrogen-bond donors (Lipinski definition) is 1. The summed E-state index contributed by atoms with van der Waals surface area (Å²) in [7, 11) is 1.71. The summed E-state index contributed by atoms with van der Waals surface area (Å²) in [6, 6.07) is 5.34. The molecule has 0 saturated carbocycles. The first kappa shape index (κ1) is 15.9. The summed E-state index contributed by atoms with van der Waals surface area (Å²) in [5.74, 6) is 0.485. The number of rotatable bonds is 6. The Hall–Kier alpha value is -2.13. The molecule has 1 N–H and O–H groups in total. The predicted molar refractivity (Wildman–Crippen MR) is 75.8 cm³/mol. The standard InChI is InChI=1S/C14H19N3O3/c1-10-7-11(2)13(8-12(10)17(18)19)20-6-5-14(3,9-15)16-4/h7-8,16H,5-6H2,1-4H3. The molecule has 0 amide bonds. The van der Waals surface area contributed by atoms with E-state index in [0.717, 1.165) is 5.56 Å². The Bertz CT molecular complexity index is 551. The van der Waals surface area contributed by atoms with Gasteiger partial charge in [-0.1, -0.05) is 0 Å². The lowest BCUT2D eigenvalue weighted by Crippen LogP contribution is -2.39. The van der Waals surface area contributed by atoms with E-state index in [9.17, 15) is 10.1 Å². The first-order valence-electron chi connectivity index (χ1n) is 6.31. The maximum Gasteiger partial charge on any atom is 0.276 e. The van der Waals surface area contributed by atoms with Crippen molar-refractivity contribution in [3.63, 3.8) is 0 Å². The van der Waals surface area contributed by atoms with Crippen molar-refractivity contribution in [2.24, 2.45) is 0 Å². The molecule has 0 saturated heterocycles. The SMILES string of the molecule is CNC(C)(C#N)CCOc1cc([N+](=O)[O-])c(C)cc1C. The second-order valence-electron chi connectivity index (χ2n) is 4.95. The fraction of sp³-hybridized carbons (Fsp3) is 0.500. The molecular formula is C14H19N3O3. The summed E-state index contributed by atoms with van der Waals surface area (Å²) in [4.78, 5) is 10.5. The van der Waals surface area contributed by atoms with Gasteiger partial charge in [0.25, 0.3) is 5.69 Å². The molecule has 0 aliphatic carbocycles. The molecule has 1 rings (SSSR count). The minimum atomic E-state index is -0.662. The van der Waals surface area contributed by atoms with E-state index in [2.05, 4.69) is 11.4 Å². The van der Waals surface area contributed by atoms with Crippen LogP contribution in [-0.2, 0) is 0 Å². The monoisotopic (exact) mass is 277 g/mol. The molecule has 1 unspecified atom stereocenters. The largest absolute Gasteiger partial charge is 0.493 e. The van der Waals surface area contributed by atoms with Gasteiger partial charge in [0.1, 0.15) is 11.3 Å². The van der Waals surface area contributed by atoms with Gasteiger partial charge in [-0.2, -0.15) is 5.26 Å². The van der Waals surface area contributed by atoms with Gasteiger partial charge in [0, 0.05) is 12.0 Å². The molecule has 0 spiro atoms. The second-order valence-corrected chi connectivity index (χ2v) is 4.95. The van der Waals surface area contributed by atoms with Crippen LogP contribution >= 0.6 is 0 Å². The van der Waals surface area contributed by atoms with Gasteiger partial charge >= 0.3 is 0 Å². The second kappa shape index (κ2) is 6.35. The van der Waals surface area contributed by atoms with E-state index >= 15 is 0 Å². The van der Waals surface area contributed by atoms with Crippen molar-refractivity contribution in [2.45, 2.75) is 32.7 Å². The highest BCUT2D eigenvalue weighted by Crippen LogP contribution is 2.28. The molecule has 6 heteroatoms. The van der Waals surface area contributed by atoms with Crippen LogP contribution in [0.25, 0.3) is 0 Å². The van der Waals surface area contributed by atoms with E-state index in [1.165, 1.54) is 6.07 Å². The summed E-state index contributed by atoms with van der Waals surface area (Å²) < 4.78 is 5.59. The van der Waals surface area contributed by atoms with Crippen LogP contribution in [0.4, 0.5) is 5.69 Å². The van der Waals surface area contributed by atoms with Gasteiger partial charge < -0.3 is 10.1 Å². The summed E-state index contributed by atoms with van der Waals surface area (Å²) in [5.41, 5.74) is 0.834. The predicted octanol–water partition coefficient (Wildman–Crippen LogP) is 2.48. The van der Waals surface area contributed by atoms with Crippen LogP contribution in [0.15, 0.2) is 12.1 Å². The number of nitro groups is 1. The highest BCUT2D eigenvalue weighted by Gasteiger charge is 2.21. The van der Waals surface area contributed by atoms with E-state index in [-0.39, 0.29) is 5.69 Å². The Morgan fingerprint density at radius 2 is 2.10 bits per heavy atom. The van der Waals surface area contributed by atoms with Crippen molar-refractivity contribution in [2.75, 3.05) is 13.7 Å². The van der Waals surface area contributed by atoms with Crippen LogP contribution in [0, 0.1) is 35.3 Å². The number of benzene rings is 1. The lowest BCUT2D eigenvalue weighted by Gasteiger charge is -2.20. The Labute approximate surface area is 118 Å². The minimum absolute atomic E-state index is 0.0438. The van der Waals surface area contributed by atoms with Gasteiger partial charge in [0.05, 0.1) is 23.7 Å². The fourth-order valence-corrected chi connectivity index (χ4v) is 1.78. The smallest absolute Gasteiger partial charge is 0.276 e. The van der Waals surface area contributed by atoms with Crippen LogP contribution in [0.5, 0.6) is 5.75 Å².